The lowest BCUT2D eigenvalue weighted by Gasteiger charge is -2.44. The fraction of sp³-hybridized carbons (Fsp3) is 0.412. The average Bonchev–Trinajstić information content (AvgIpc) is 2.72. The highest BCUT2D eigenvalue weighted by Gasteiger charge is 2.38. The number of rotatable bonds is 3. The Kier molecular flexibility index (Phi) is 5.75. The summed E-state index contributed by atoms with van der Waals surface area (Å²) >= 11 is 0.878. The van der Waals surface area contributed by atoms with Crippen molar-refractivity contribution in [2.45, 2.75) is 32.5 Å². The molecule has 24 heavy (non-hydrogen) atoms. The zero-order valence-electron chi connectivity index (χ0n) is 14.0. The van der Waals surface area contributed by atoms with Crippen LogP contribution in [0.15, 0.2) is 35.3 Å². The number of benzene rings is 1. The van der Waals surface area contributed by atoms with Crippen molar-refractivity contribution in [3.05, 3.63) is 35.9 Å². The Morgan fingerprint density at radius 1 is 1.38 bits per heavy atom. The Hall–Kier alpha value is -2.17. The van der Waals surface area contributed by atoms with Gasteiger partial charge in [0.15, 0.2) is 11.9 Å². The van der Waals surface area contributed by atoms with Gasteiger partial charge in [0, 0.05) is 5.54 Å². The molecule has 0 saturated heterocycles. The largest absolute Gasteiger partial charge is 0.292 e. The SMILES string of the molecule is CC(C)(C)N1CC(=O)C=NC(c2ccccc2)N1C(=O)CSC#N. The lowest BCUT2D eigenvalue weighted by molar-refractivity contribution is -0.166. The molecule has 0 aromatic heterocycles. The van der Waals surface area contributed by atoms with Gasteiger partial charge in [-0.1, -0.05) is 30.3 Å². The first-order valence-electron chi connectivity index (χ1n) is 7.56. The van der Waals surface area contributed by atoms with Crippen molar-refractivity contribution in [2.75, 3.05) is 12.3 Å². The molecule has 0 spiro atoms. The Morgan fingerprint density at radius 2 is 2.04 bits per heavy atom. The number of amides is 1. The maximum Gasteiger partial charge on any atom is 0.250 e. The normalized spacial score (nSPS) is 19.0. The van der Waals surface area contributed by atoms with Crippen LogP contribution in [0.4, 0.5) is 0 Å². The summed E-state index contributed by atoms with van der Waals surface area (Å²) in [6.45, 7) is 5.88. The van der Waals surface area contributed by atoms with Crippen LogP contribution >= 0.6 is 11.8 Å². The van der Waals surface area contributed by atoms with Crippen LogP contribution in [0.2, 0.25) is 0 Å². The molecule has 1 unspecified atom stereocenters. The monoisotopic (exact) mass is 344 g/mol. The van der Waals surface area contributed by atoms with Gasteiger partial charge in [0.1, 0.15) is 5.40 Å². The number of carbonyl (C=O) groups excluding carboxylic acids is 2. The Labute approximate surface area is 146 Å². The van der Waals surface area contributed by atoms with Crippen LogP contribution in [-0.2, 0) is 9.59 Å². The third-order valence-corrected chi connectivity index (χ3v) is 4.07. The van der Waals surface area contributed by atoms with E-state index in [2.05, 4.69) is 4.99 Å². The summed E-state index contributed by atoms with van der Waals surface area (Å²) in [7, 11) is 0. The quantitative estimate of drug-likeness (QED) is 0.787. The van der Waals surface area contributed by atoms with Gasteiger partial charge in [-0.3, -0.25) is 14.6 Å². The van der Waals surface area contributed by atoms with Crippen molar-refractivity contribution in [1.29, 1.82) is 5.26 Å². The van der Waals surface area contributed by atoms with E-state index in [-0.39, 0.29) is 24.0 Å². The summed E-state index contributed by atoms with van der Waals surface area (Å²) in [4.78, 5) is 29.2. The number of Topliss-reactive ketones (excluding diaryl/α,β-unsaturated/α-hetero) is 1. The van der Waals surface area contributed by atoms with Crippen LogP contribution in [-0.4, -0.2) is 45.8 Å². The molecule has 0 bridgehead atoms. The van der Waals surface area contributed by atoms with Crippen molar-refractivity contribution >= 4 is 29.7 Å². The van der Waals surface area contributed by atoms with E-state index in [1.165, 1.54) is 11.2 Å². The zero-order chi connectivity index (χ0) is 17.7. The van der Waals surface area contributed by atoms with E-state index in [1.807, 2.05) is 56.5 Å². The number of carbonyl (C=O) groups is 2. The van der Waals surface area contributed by atoms with E-state index in [1.54, 1.807) is 5.01 Å². The zero-order valence-corrected chi connectivity index (χ0v) is 14.8. The minimum Gasteiger partial charge on any atom is -0.292 e. The van der Waals surface area contributed by atoms with Crippen LogP contribution in [0.25, 0.3) is 0 Å². The van der Waals surface area contributed by atoms with Gasteiger partial charge < -0.3 is 0 Å². The van der Waals surface area contributed by atoms with Gasteiger partial charge in [0.05, 0.1) is 18.5 Å². The van der Waals surface area contributed by atoms with Gasteiger partial charge in [-0.15, -0.1) is 0 Å². The number of hydrazine groups is 1. The predicted octanol–water partition coefficient (Wildman–Crippen LogP) is 2.40. The van der Waals surface area contributed by atoms with E-state index < -0.39 is 11.7 Å². The van der Waals surface area contributed by atoms with Crippen LogP contribution < -0.4 is 0 Å². The van der Waals surface area contributed by atoms with Crippen LogP contribution in [0.1, 0.15) is 32.5 Å². The molecule has 1 aliphatic heterocycles. The van der Waals surface area contributed by atoms with E-state index in [4.69, 9.17) is 5.26 Å². The lowest BCUT2D eigenvalue weighted by atomic mass is 10.1. The highest BCUT2D eigenvalue weighted by Crippen LogP contribution is 2.30. The van der Waals surface area contributed by atoms with Gasteiger partial charge in [0.25, 0.3) is 0 Å². The summed E-state index contributed by atoms with van der Waals surface area (Å²) in [5.41, 5.74) is 0.358. The summed E-state index contributed by atoms with van der Waals surface area (Å²) in [5, 5.41) is 13.9. The third kappa shape index (κ3) is 4.22. The van der Waals surface area contributed by atoms with Crippen molar-refractivity contribution in [2.24, 2.45) is 4.99 Å². The Bertz CT molecular complexity index is 676. The van der Waals surface area contributed by atoms with Crippen molar-refractivity contribution in [3.63, 3.8) is 0 Å². The Balaban J connectivity index is 2.50. The molecule has 126 valence electrons. The fourth-order valence-electron chi connectivity index (χ4n) is 2.46. The average molecular weight is 344 g/mol. The van der Waals surface area contributed by atoms with E-state index in [9.17, 15) is 9.59 Å². The molecule has 0 fully saturated rings. The second kappa shape index (κ2) is 7.60. The molecule has 1 aromatic carbocycles. The van der Waals surface area contributed by atoms with Crippen LogP contribution in [0, 0.1) is 10.7 Å². The molecule has 2 rings (SSSR count). The highest BCUT2D eigenvalue weighted by atomic mass is 32.2. The van der Waals surface area contributed by atoms with Gasteiger partial charge >= 0.3 is 0 Å². The standard InChI is InChI=1S/C17H20N4O2S/c1-17(2,3)20-10-14(22)9-19-16(13-7-5-4-6-8-13)21(20)15(23)11-24-12-18/h4-9,16H,10-11H2,1-3H3. The van der Waals surface area contributed by atoms with Crippen molar-refractivity contribution in [3.8, 4) is 5.40 Å². The smallest absolute Gasteiger partial charge is 0.250 e. The second-order valence-corrected chi connectivity index (χ2v) is 7.14. The third-order valence-electron chi connectivity index (χ3n) is 3.54. The molecule has 6 nitrogen and oxygen atoms in total. The molecule has 7 heteroatoms. The van der Waals surface area contributed by atoms with Gasteiger partial charge in [-0.05, 0) is 38.1 Å². The molecule has 0 radical (unpaired) electrons. The predicted molar refractivity (Wildman–Crippen MR) is 94.1 cm³/mol. The number of thioether (sulfide) groups is 1. The highest BCUT2D eigenvalue weighted by molar-refractivity contribution is 8.04. The second-order valence-electron chi connectivity index (χ2n) is 6.38. The van der Waals surface area contributed by atoms with Gasteiger partial charge in [0.2, 0.25) is 5.91 Å². The topological polar surface area (TPSA) is 76.8 Å². The van der Waals surface area contributed by atoms with Crippen molar-refractivity contribution < 1.29 is 9.59 Å². The van der Waals surface area contributed by atoms with Crippen LogP contribution in [0.3, 0.4) is 0 Å². The number of nitriles is 1. The molecular weight excluding hydrogens is 324 g/mol. The fourth-order valence-corrected chi connectivity index (χ4v) is 2.78. The van der Waals surface area contributed by atoms with Gasteiger partial charge in [-0.25, -0.2) is 10.0 Å². The molecule has 1 atom stereocenters. The Morgan fingerprint density at radius 3 is 2.62 bits per heavy atom. The first kappa shape index (κ1) is 18.2. The number of hydrogen-bond donors (Lipinski definition) is 0. The molecule has 0 N–H and O–H groups in total. The molecule has 0 saturated carbocycles. The van der Waals surface area contributed by atoms with E-state index in [0.717, 1.165) is 17.3 Å². The first-order chi connectivity index (χ1) is 11.3. The minimum absolute atomic E-state index is 0.0100. The summed E-state index contributed by atoms with van der Waals surface area (Å²) in [6, 6.07) is 9.36. The number of hydrogen-bond acceptors (Lipinski definition) is 6. The number of ketones is 1. The van der Waals surface area contributed by atoms with Crippen molar-refractivity contribution in [1.82, 2.24) is 10.0 Å². The molecule has 1 aliphatic rings. The molecule has 1 amide bonds. The minimum atomic E-state index is -0.622. The molecular formula is C17H20N4O2S. The van der Waals surface area contributed by atoms with E-state index in [0.29, 0.717) is 0 Å². The maximum atomic E-state index is 12.8. The van der Waals surface area contributed by atoms with Crippen LogP contribution in [0.5, 0.6) is 0 Å². The first-order valence-corrected chi connectivity index (χ1v) is 8.54. The molecule has 0 aliphatic carbocycles. The lowest BCUT2D eigenvalue weighted by Crippen LogP contribution is -2.57. The molecule has 1 aromatic rings. The number of nitrogens with zero attached hydrogens (tertiary/aromatic N) is 4. The maximum absolute atomic E-state index is 12.8. The summed E-state index contributed by atoms with van der Waals surface area (Å²) in [5.74, 6) is -0.401. The molecule has 1 heterocycles. The summed E-state index contributed by atoms with van der Waals surface area (Å²) in [6.07, 6.45) is 0.671. The van der Waals surface area contributed by atoms with E-state index >= 15 is 0 Å². The number of thiocyanates is 1. The summed E-state index contributed by atoms with van der Waals surface area (Å²) < 4.78 is 0. The number of aliphatic imine (C=N–C) groups is 1. The van der Waals surface area contributed by atoms with Gasteiger partial charge in [-0.2, -0.15) is 5.26 Å².